The van der Waals surface area contributed by atoms with E-state index in [0.717, 1.165) is 35.5 Å². The second kappa shape index (κ2) is 17.6. The molecule has 0 bridgehead atoms. The summed E-state index contributed by atoms with van der Waals surface area (Å²) in [6, 6.07) is 6.34. The molecular formula is C33H36Cl2F5N3O8S. The molecule has 19 heteroatoms. The van der Waals surface area contributed by atoms with Crippen LogP contribution in [0.1, 0.15) is 46.0 Å². The minimum absolute atomic E-state index is 0. The van der Waals surface area contributed by atoms with Gasteiger partial charge in [-0.15, -0.1) is 0 Å². The molecule has 1 aliphatic carbocycles. The van der Waals surface area contributed by atoms with Gasteiger partial charge >= 0.3 is 18.8 Å². The van der Waals surface area contributed by atoms with Crippen molar-refractivity contribution in [2.24, 2.45) is 5.92 Å². The van der Waals surface area contributed by atoms with Crippen LogP contribution >= 0.6 is 23.2 Å². The minimum atomic E-state index is -5.10. The van der Waals surface area contributed by atoms with Crippen molar-refractivity contribution >= 4 is 44.9 Å². The lowest BCUT2D eigenvalue weighted by Gasteiger charge is -2.30. The van der Waals surface area contributed by atoms with E-state index in [4.69, 9.17) is 37.4 Å². The van der Waals surface area contributed by atoms with Crippen LogP contribution in [-0.4, -0.2) is 83.6 Å². The van der Waals surface area contributed by atoms with Gasteiger partial charge in [0.1, 0.15) is 16.1 Å². The first-order valence-corrected chi connectivity index (χ1v) is 18.5. The van der Waals surface area contributed by atoms with Crippen molar-refractivity contribution in [3.8, 4) is 11.5 Å². The largest absolute Gasteiger partial charge is 0.870 e. The third-order valence-corrected chi connectivity index (χ3v) is 10.2. The normalized spacial score (nSPS) is 15.9. The third kappa shape index (κ3) is 11.0. The lowest BCUT2D eigenvalue weighted by Crippen LogP contribution is -2.43. The lowest BCUT2D eigenvalue weighted by atomic mass is 10.0. The molecule has 3 aromatic rings. The van der Waals surface area contributed by atoms with E-state index in [1.807, 2.05) is 4.90 Å². The van der Waals surface area contributed by atoms with Crippen LogP contribution in [0.4, 0.5) is 27.6 Å². The molecule has 2 heterocycles. The van der Waals surface area contributed by atoms with Gasteiger partial charge < -0.3 is 24.4 Å². The molecule has 2 aromatic carbocycles. The Kier molecular flexibility index (Phi) is 13.9. The molecule has 1 aliphatic heterocycles. The summed E-state index contributed by atoms with van der Waals surface area (Å²) >= 11 is 12.7. The summed E-state index contributed by atoms with van der Waals surface area (Å²) < 4.78 is 118. The fourth-order valence-corrected chi connectivity index (χ4v) is 6.89. The van der Waals surface area contributed by atoms with E-state index in [1.165, 1.54) is 30.6 Å². The van der Waals surface area contributed by atoms with Crippen molar-refractivity contribution in [2.45, 2.75) is 38.2 Å². The molecule has 0 spiro atoms. The van der Waals surface area contributed by atoms with Gasteiger partial charge in [0.05, 0.1) is 42.9 Å². The first kappa shape index (κ1) is 41.3. The highest BCUT2D eigenvalue weighted by molar-refractivity contribution is 7.92. The van der Waals surface area contributed by atoms with Gasteiger partial charge in [-0.1, -0.05) is 29.3 Å². The lowest BCUT2D eigenvalue weighted by molar-refractivity contribution is -0.377. The van der Waals surface area contributed by atoms with Crippen molar-refractivity contribution < 1.29 is 64.6 Å². The molecule has 1 aromatic heterocycles. The number of alkyl halides is 5. The van der Waals surface area contributed by atoms with E-state index in [0.29, 0.717) is 32.4 Å². The molecule has 0 radical (unpaired) electrons. The minimum Gasteiger partial charge on any atom is -0.870 e. The van der Waals surface area contributed by atoms with E-state index in [2.05, 4.69) is 9.72 Å². The number of benzene rings is 2. The maximum Gasteiger partial charge on any atom is 0.417 e. The van der Waals surface area contributed by atoms with Crippen LogP contribution in [0.3, 0.4) is 0 Å². The van der Waals surface area contributed by atoms with Crippen molar-refractivity contribution in [2.75, 3.05) is 56.6 Å². The number of sulfonamides is 1. The van der Waals surface area contributed by atoms with Crippen LogP contribution in [0.15, 0.2) is 48.8 Å². The number of nitrogens with zero attached hydrogens (tertiary/aromatic N) is 2. The molecule has 11 nitrogen and oxygen atoms in total. The predicted molar refractivity (Wildman–Crippen MR) is 179 cm³/mol. The van der Waals surface area contributed by atoms with Crippen LogP contribution in [0.2, 0.25) is 10.0 Å². The van der Waals surface area contributed by atoms with Crippen LogP contribution in [0.25, 0.3) is 0 Å². The number of aromatic amines is 1. The molecule has 1 saturated carbocycles. The molecule has 1 saturated heterocycles. The number of anilines is 1. The summed E-state index contributed by atoms with van der Waals surface area (Å²) in [6.45, 7) is -0.925. The van der Waals surface area contributed by atoms with E-state index in [-0.39, 0.29) is 75.9 Å². The maximum atomic E-state index is 14.6. The Bertz CT molecular complexity index is 1790. The molecule has 5 rings (SSSR count). The number of aromatic nitrogens is 1. The van der Waals surface area contributed by atoms with Crippen molar-refractivity contribution in [1.82, 2.24) is 4.90 Å². The quantitative estimate of drug-likeness (QED) is 0.129. The van der Waals surface area contributed by atoms with Crippen molar-refractivity contribution in [3.05, 3.63) is 81.1 Å². The van der Waals surface area contributed by atoms with Crippen LogP contribution in [-0.2, 0) is 32.1 Å². The number of morpholine rings is 1. The van der Waals surface area contributed by atoms with E-state index in [9.17, 15) is 35.2 Å². The summed E-state index contributed by atoms with van der Waals surface area (Å²) in [6.07, 6.45) is -1.24. The Morgan fingerprint density at radius 1 is 1.06 bits per heavy atom. The number of pyridine rings is 1. The molecule has 52 heavy (non-hydrogen) atoms. The van der Waals surface area contributed by atoms with Gasteiger partial charge in [0.15, 0.2) is 23.9 Å². The van der Waals surface area contributed by atoms with Gasteiger partial charge in [-0.2, -0.15) is 22.0 Å². The molecular weight excluding hydrogens is 764 g/mol. The Morgan fingerprint density at radius 3 is 2.33 bits per heavy atom. The molecule has 1 atom stereocenters. The molecule has 0 amide bonds. The number of hydrogen-bond acceptors (Lipinski definition) is 9. The van der Waals surface area contributed by atoms with Gasteiger partial charge in [-0.3, -0.25) is 9.21 Å². The number of carbonyl (C=O) groups excluding carboxylic acids is 1. The van der Waals surface area contributed by atoms with Crippen molar-refractivity contribution in [3.63, 3.8) is 0 Å². The van der Waals surface area contributed by atoms with Gasteiger partial charge in [-0.25, -0.2) is 18.2 Å². The van der Waals surface area contributed by atoms with Crippen LogP contribution < -0.4 is 18.8 Å². The average Bonchev–Trinajstić information content (AvgIpc) is 3.89. The summed E-state index contributed by atoms with van der Waals surface area (Å²) in [5, 5.41) is 0.259. The standard InChI is InChI=1S/C33H34Cl2F5N3O7S.H2O/c1-51(45,46)43(9-8-42-10-12-47-13-11-42)22-5-6-23(25(15-22)33(38,39)40)31(44)49-29(16-24-26(34)17-41-18-27(24)35)21-4-7-28(50-32(36)37)30(14-21)48-19-20-2-3-20;/h4-7,14-15,17-18,20,29,32H,2-3,8-13,16,19H2,1H3;1H2/t29-;/m0./s1. The Balaban J connectivity index is 0.00000605. The topological polar surface area (TPSA) is 139 Å². The molecule has 2 N–H and O–H groups in total. The Labute approximate surface area is 306 Å². The fourth-order valence-electron chi connectivity index (χ4n) is 5.44. The average molecular weight is 801 g/mol. The highest BCUT2D eigenvalue weighted by Gasteiger charge is 2.38. The first-order valence-electron chi connectivity index (χ1n) is 15.9. The number of rotatable bonds is 15. The zero-order valence-corrected chi connectivity index (χ0v) is 30.0. The van der Waals surface area contributed by atoms with Gasteiger partial charge in [-0.05, 0) is 54.7 Å². The van der Waals surface area contributed by atoms with Crippen LogP contribution in [0, 0.1) is 5.92 Å². The number of hydrogen-bond donors (Lipinski definition) is 0. The molecule has 0 unspecified atom stereocenters. The highest BCUT2D eigenvalue weighted by atomic mass is 35.5. The van der Waals surface area contributed by atoms with Gasteiger partial charge in [0.25, 0.3) is 0 Å². The first-order chi connectivity index (χ1) is 24.1. The number of carbonyl (C=O) groups is 1. The number of esters is 1. The zero-order valence-electron chi connectivity index (χ0n) is 27.7. The third-order valence-electron chi connectivity index (χ3n) is 8.30. The number of ether oxygens (including phenoxy) is 4. The van der Waals surface area contributed by atoms with E-state index < -0.39 is 46.0 Å². The fraction of sp³-hybridized carbons (Fsp3) is 0.455. The number of nitrogens with one attached hydrogen (secondary N) is 1. The predicted octanol–water partition coefficient (Wildman–Crippen LogP) is 6.28. The highest BCUT2D eigenvalue weighted by Crippen LogP contribution is 2.40. The van der Waals surface area contributed by atoms with E-state index >= 15 is 0 Å². The second-order valence-corrected chi connectivity index (χ2v) is 14.8. The molecule has 2 fully saturated rings. The molecule has 286 valence electrons. The monoisotopic (exact) mass is 799 g/mol. The summed E-state index contributed by atoms with van der Waals surface area (Å²) in [4.78, 5) is 18.3. The Hall–Kier alpha value is -3.48. The van der Waals surface area contributed by atoms with Gasteiger partial charge in [0, 0.05) is 38.2 Å². The summed E-state index contributed by atoms with van der Waals surface area (Å²) in [5.41, 5.74) is -2.18. The summed E-state index contributed by atoms with van der Waals surface area (Å²) in [7, 11) is -4.04. The number of H-pyrrole nitrogens is 1. The summed E-state index contributed by atoms with van der Waals surface area (Å²) in [5.74, 6) is -1.55. The van der Waals surface area contributed by atoms with E-state index in [1.54, 1.807) is 0 Å². The van der Waals surface area contributed by atoms with Crippen LogP contribution in [0.5, 0.6) is 11.5 Å². The SMILES string of the molecule is CS(=O)(=O)N(CCN1CCOCC1)c1ccc(C(=O)O[C@@H](Cc2c(Cl)c[nH+]cc2Cl)c2ccc(OC(F)F)c(OCC3CC3)c2)c(C(F)(F)F)c1.[OH-]. The Morgan fingerprint density at radius 2 is 1.73 bits per heavy atom. The maximum absolute atomic E-state index is 14.6. The zero-order chi connectivity index (χ0) is 36.9. The molecule has 2 aliphatic rings. The van der Waals surface area contributed by atoms with Crippen molar-refractivity contribution in [1.29, 1.82) is 0 Å². The smallest absolute Gasteiger partial charge is 0.417 e. The van der Waals surface area contributed by atoms with Gasteiger partial charge in [0.2, 0.25) is 10.0 Å². The number of halogens is 7. The second-order valence-electron chi connectivity index (χ2n) is 12.1.